The maximum Gasteiger partial charge on any atom is 0.244 e. The normalized spacial score (nSPS) is 15.2. The molecule has 1 atom stereocenters. The molecule has 0 bridgehead atoms. The van der Waals surface area contributed by atoms with Gasteiger partial charge < -0.3 is 10.2 Å². The molecular formula is C28H39N3O4S. The van der Waals surface area contributed by atoms with E-state index < -0.39 is 22.0 Å². The number of benzene rings is 2. The van der Waals surface area contributed by atoms with E-state index in [1.165, 1.54) is 11.3 Å². The number of carbonyl (C=O) groups excluding carboxylic acids is 2. The van der Waals surface area contributed by atoms with E-state index in [9.17, 15) is 18.0 Å². The van der Waals surface area contributed by atoms with E-state index >= 15 is 0 Å². The average molecular weight is 514 g/mol. The number of carbonyl (C=O) groups is 2. The van der Waals surface area contributed by atoms with Crippen molar-refractivity contribution >= 4 is 27.5 Å². The maximum absolute atomic E-state index is 13.8. The van der Waals surface area contributed by atoms with Gasteiger partial charge in [-0.2, -0.15) is 0 Å². The van der Waals surface area contributed by atoms with Crippen LogP contribution in [-0.4, -0.2) is 50.0 Å². The predicted molar refractivity (Wildman–Crippen MR) is 144 cm³/mol. The first kappa shape index (κ1) is 27.7. The lowest BCUT2D eigenvalue weighted by molar-refractivity contribution is -0.140. The van der Waals surface area contributed by atoms with E-state index in [0.29, 0.717) is 12.1 Å². The summed E-state index contributed by atoms with van der Waals surface area (Å²) in [5.74, 6) is -0.584. The van der Waals surface area contributed by atoms with Gasteiger partial charge in [-0.1, -0.05) is 62.6 Å². The molecular weight excluding hydrogens is 474 g/mol. The molecule has 1 N–H and O–H groups in total. The number of amides is 2. The van der Waals surface area contributed by atoms with Gasteiger partial charge in [0.2, 0.25) is 21.8 Å². The predicted octanol–water partition coefficient (Wildman–Crippen LogP) is 4.33. The van der Waals surface area contributed by atoms with Gasteiger partial charge in [-0.3, -0.25) is 13.9 Å². The molecule has 0 unspecified atom stereocenters. The highest BCUT2D eigenvalue weighted by atomic mass is 32.2. The van der Waals surface area contributed by atoms with Crippen LogP contribution in [0.15, 0.2) is 48.5 Å². The lowest BCUT2D eigenvalue weighted by Crippen LogP contribution is -2.53. The van der Waals surface area contributed by atoms with Crippen molar-refractivity contribution in [1.29, 1.82) is 0 Å². The number of anilines is 1. The van der Waals surface area contributed by atoms with Crippen molar-refractivity contribution in [2.24, 2.45) is 0 Å². The monoisotopic (exact) mass is 513 g/mol. The molecule has 0 radical (unpaired) electrons. The van der Waals surface area contributed by atoms with Crippen LogP contribution >= 0.6 is 0 Å². The molecule has 0 aliphatic heterocycles. The summed E-state index contributed by atoms with van der Waals surface area (Å²) in [6.07, 6.45) is 6.79. The number of rotatable bonds is 10. The van der Waals surface area contributed by atoms with Crippen LogP contribution in [0.5, 0.6) is 0 Å². The van der Waals surface area contributed by atoms with E-state index in [0.717, 1.165) is 52.9 Å². The highest BCUT2D eigenvalue weighted by molar-refractivity contribution is 7.92. The van der Waals surface area contributed by atoms with Gasteiger partial charge in [0, 0.05) is 12.6 Å². The van der Waals surface area contributed by atoms with Crippen molar-refractivity contribution in [2.75, 3.05) is 17.1 Å². The zero-order valence-corrected chi connectivity index (χ0v) is 22.7. The van der Waals surface area contributed by atoms with Crippen molar-refractivity contribution in [2.45, 2.75) is 77.9 Å². The number of nitrogens with one attached hydrogen (secondary N) is 1. The molecule has 1 aliphatic carbocycles. The summed E-state index contributed by atoms with van der Waals surface area (Å²) < 4.78 is 26.6. The largest absolute Gasteiger partial charge is 0.352 e. The molecule has 2 aromatic carbocycles. The molecule has 1 saturated carbocycles. The van der Waals surface area contributed by atoms with Crippen LogP contribution in [-0.2, 0) is 26.2 Å². The average Bonchev–Trinajstić information content (AvgIpc) is 2.84. The van der Waals surface area contributed by atoms with Crippen LogP contribution in [0.1, 0.15) is 62.1 Å². The van der Waals surface area contributed by atoms with E-state index in [1.807, 2.05) is 57.2 Å². The second-order valence-electron chi connectivity index (χ2n) is 9.81. The minimum Gasteiger partial charge on any atom is -0.352 e. The Hall–Kier alpha value is -2.87. The lowest BCUT2D eigenvalue weighted by Gasteiger charge is -2.34. The van der Waals surface area contributed by atoms with Gasteiger partial charge in [0.05, 0.1) is 11.9 Å². The van der Waals surface area contributed by atoms with Gasteiger partial charge in [-0.15, -0.1) is 0 Å². The number of hydrogen-bond acceptors (Lipinski definition) is 4. The molecule has 196 valence electrons. The van der Waals surface area contributed by atoms with Gasteiger partial charge in [0.25, 0.3) is 0 Å². The van der Waals surface area contributed by atoms with Crippen LogP contribution in [0.4, 0.5) is 5.69 Å². The van der Waals surface area contributed by atoms with Crippen molar-refractivity contribution in [3.05, 3.63) is 65.2 Å². The summed E-state index contributed by atoms with van der Waals surface area (Å²) in [5, 5.41) is 3.16. The van der Waals surface area contributed by atoms with E-state index in [2.05, 4.69) is 5.32 Å². The molecule has 8 heteroatoms. The Labute approximate surface area is 215 Å². The van der Waals surface area contributed by atoms with Gasteiger partial charge in [-0.05, 0) is 61.9 Å². The Morgan fingerprint density at radius 1 is 1.00 bits per heavy atom. The standard InChI is InChI=1S/C28H39N3O4S/c1-5-26(28(33)29-24-14-10-7-11-15-24)30(19-23-12-8-6-9-13-23)27(32)20-31(36(4,34)35)25-17-16-21(2)22(3)18-25/h6,8-9,12-13,16-18,24,26H,5,7,10-11,14-15,19-20H2,1-4H3,(H,29,33)/t26-/m1/s1. The van der Waals surface area contributed by atoms with Crippen LogP contribution in [0.2, 0.25) is 0 Å². The number of aryl methyl sites for hydroxylation is 2. The zero-order valence-electron chi connectivity index (χ0n) is 21.9. The number of hydrogen-bond donors (Lipinski definition) is 1. The molecule has 3 rings (SSSR count). The quantitative estimate of drug-likeness (QED) is 0.512. The molecule has 1 aliphatic rings. The first-order valence-corrected chi connectivity index (χ1v) is 14.6. The van der Waals surface area contributed by atoms with Crippen LogP contribution in [0.3, 0.4) is 0 Å². The molecule has 2 amide bonds. The fourth-order valence-corrected chi connectivity index (χ4v) is 5.58. The Morgan fingerprint density at radius 2 is 1.67 bits per heavy atom. The van der Waals surface area contributed by atoms with Crippen LogP contribution < -0.4 is 9.62 Å². The third-order valence-corrected chi connectivity index (χ3v) is 8.13. The fraction of sp³-hybridized carbons (Fsp3) is 0.500. The first-order valence-electron chi connectivity index (χ1n) is 12.8. The third kappa shape index (κ3) is 7.32. The Balaban J connectivity index is 1.90. The molecule has 0 aromatic heterocycles. The molecule has 0 saturated heterocycles. The summed E-state index contributed by atoms with van der Waals surface area (Å²) in [4.78, 5) is 28.7. The van der Waals surface area contributed by atoms with Crippen molar-refractivity contribution < 1.29 is 18.0 Å². The summed E-state index contributed by atoms with van der Waals surface area (Å²) in [6.45, 7) is 5.59. The summed E-state index contributed by atoms with van der Waals surface area (Å²) >= 11 is 0. The first-order chi connectivity index (χ1) is 17.1. The molecule has 0 spiro atoms. The minimum absolute atomic E-state index is 0.122. The van der Waals surface area contributed by atoms with Crippen molar-refractivity contribution in [3.63, 3.8) is 0 Å². The highest BCUT2D eigenvalue weighted by Gasteiger charge is 2.32. The zero-order chi connectivity index (χ0) is 26.3. The molecule has 36 heavy (non-hydrogen) atoms. The summed E-state index contributed by atoms with van der Waals surface area (Å²) in [6, 6.07) is 14.3. The lowest BCUT2D eigenvalue weighted by atomic mass is 9.95. The Kier molecular flexibility index (Phi) is 9.54. The van der Waals surface area contributed by atoms with Gasteiger partial charge >= 0.3 is 0 Å². The molecule has 7 nitrogen and oxygen atoms in total. The SMILES string of the molecule is CC[C@H](C(=O)NC1CCCCC1)N(Cc1ccccc1)C(=O)CN(c1ccc(C)c(C)c1)S(C)(=O)=O. The number of nitrogens with zero attached hydrogens (tertiary/aromatic N) is 2. The van der Waals surface area contributed by atoms with E-state index in [1.54, 1.807) is 12.1 Å². The smallest absolute Gasteiger partial charge is 0.244 e. The Morgan fingerprint density at radius 3 is 2.25 bits per heavy atom. The van der Waals surface area contributed by atoms with Gasteiger partial charge in [-0.25, -0.2) is 8.42 Å². The second-order valence-corrected chi connectivity index (χ2v) is 11.7. The molecule has 1 fully saturated rings. The van der Waals surface area contributed by atoms with Crippen molar-refractivity contribution in [1.82, 2.24) is 10.2 Å². The van der Waals surface area contributed by atoms with E-state index in [4.69, 9.17) is 0 Å². The summed E-state index contributed by atoms with van der Waals surface area (Å²) in [5.41, 5.74) is 3.29. The van der Waals surface area contributed by atoms with Crippen molar-refractivity contribution in [3.8, 4) is 0 Å². The maximum atomic E-state index is 13.8. The van der Waals surface area contributed by atoms with Gasteiger partial charge in [0.15, 0.2) is 0 Å². The molecule has 0 heterocycles. The second kappa shape index (κ2) is 12.4. The minimum atomic E-state index is -3.74. The fourth-order valence-electron chi connectivity index (χ4n) is 4.74. The van der Waals surface area contributed by atoms with Crippen LogP contribution in [0.25, 0.3) is 0 Å². The Bertz CT molecular complexity index is 1140. The van der Waals surface area contributed by atoms with Gasteiger partial charge in [0.1, 0.15) is 12.6 Å². The van der Waals surface area contributed by atoms with E-state index in [-0.39, 0.29) is 25.0 Å². The topological polar surface area (TPSA) is 86.8 Å². The number of sulfonamides is 1. The summed E-state index contributed by atoms with van der Waals surface area (Å²) in [7, 11) is -3.74. The third-order valence-electron chi connectivity index (χ3n) is 6.99. The van der Waals surface area contributed by atoms with Crippen LogP contribution in [0, 0.1) is 13.8 Å². The highest BCUT2D eigenvalue weighted by Crippen LogP contribution is 2.23. The molecule has 2 aromatic rings.